The van der Waals surface area contributed by atoms with E-state index in [4.69, 9.17) is 4.74 Å². The SMILES string of the molecule is C/C=C\C(=C/CC)CN(Cc1ccccc1)C1(C#N)CCOC1. The molecule has 1 heterocycles. The third-order valence-corrected chi connectivity index (χ3v) is 4.25. The molecule has 2 rings (SSSR count). The normalized spacial score (nSPS) is 21.9. The first kappa shape index (κ1) is 17.5. The molecule has 0 aromatic heterocycles. The lowest BCUT2D eigenvalue weighted by atomic mass is 9.96. The fourth-order valence-electron chi connectivity index (χ4n) is 3.01. The van der Waals surface area contributed by atoms with E-state index in [9.17, 15) is 5.26 Å². The van der Waals surface area contributed by atoms with E-state index in [1.807, 2.05) is 25.1 Å². The molecule has 0 radical (unpaired) electrons. The third-order valence-electron chi connectivity index (χ3n) is 4.25. The minimum absolute atomic E-state index is 0.492. The first-order valence-electron chi connectivity index (χ1n) is 8.34. The monoisotopic (exact) mass is 310 g/mol. The molecule has 1 atom stereocenters. The van der Waals surface area contributed by atoms with Crippen LogP contribution in [0, 0.1) is 11.3 Å². The van der Waals surface area contributed by atoms with E-state index in [0.717, 1.165) is 25.9 Å². The molecule has 1 aromatic carbocycles. The molecular formula is C20H26N2O. The van der Waals surface area contributed by atoms with E-state index in [-0.39, 0.29) is 0 Å². The number of benzene rings is 1. The summed E-state index contributed by atoms with van der Waals surface area (Å²) in [7, 11) is 0. The van der Waals surface area contributed by atoms with Crippen LogP contribution in [0.5, 0.6) is 0 Å². The van der Waals surface area contributed by atoms with Gasteiger partial charge in [0, 0.05) is 26.1 Å². The lowest BCUT2D eigenvalue weighted by Gasteiger charge is -2.35. The Bertz CT molecular complexity index is 577. The summed E-state index contributed by atoms with van der Waals surface area (Å²) >= 11 is 0. The highest BCUT2D eigenvalue weighted by Crippen LogP contribution is 2.28. The Morgan fingerprint density at radius 2 is 2.17 bits per heavy atom. The minimum Gasteiger partial charge on any atom is -0.378 e. The van der Waals surface area contributed by atoms with Gasteiger partial charge in [-0.05, 0) is 24.5 Å². The van der Waals surface area contributed by atoms with Crippen LogP contribution in [0.2, 0.25) is 0 Å². The number of hydrogen-bond acceptors (Lipinski definition) is 3. The fourth-order valence-corrected chi connectivity index (χ4v) is 3.01. The fraction of sp³-hybridized carbons (Fsp3) is 0.450. The zero-order valence-electron chi connectivity index (χ0n) is 14.2. The quantitative estimate of drug-likeness (QED) is 0.712. The average molecular weight is 310 g/mol. The largest absolute Gasteiger partial charge is 0.378 e. The molecule has 0 spiro atoms. The lowest BCUT2D eigenvalue weighted by Crippen LogP contribution is -2.48. The molecule has 122 valence electrons. The van der Waals surface area contributed by atoms with Crippen LogP contribution in [-0.2, 0) is 11.3 Å². The number of ether oxygens (including phenoxy) is 1. The molecule has 0 aliphatic carbocycles. The zero-order valence-corrected chi connectivity index (χ0v) is 14.2. The van der Waals surface area contributed by atoms with Crippen molar-refractivity contribution in [3.63, 3.8) is 0 Å². The van der Waals surface area contributed by atoms with Gasteiger partial charge >= 0.3 is 0 Å². The van der Waals surface area contributed by atoms with Crippen LogP contribution in [-0.4, -0.2) is 30.2 Å². The summed E-state index contributed by atoms with van der Waals surface area (Å²) < 4.78 is 5.57. The van der Waals surface area contributed by atoms with Crippen LogP contribution in [0.15, 0.2) is 54.1 Å². The standard InChI is InChI=1S/C20H26N2O/c1-3-8-18(9-4-2)14-22(15-19-10-6-5-7-11-19)20(16-21)12-13-23-17-20/h3,5-11H,4,12-15,17H2,1-2H3/b8-3-,18-9+. The molecule has 3 heteroatoms. The van der Waals surface area contributed by atoms with E-state index in [2.05, 4.69) is 48.3 Å². The Kier molecular flexibility index (Phi) is 6.58. The summed E-state index contributed by atoms with van der Waals surface area (Å²) in [6, 6.07) is 12.9. The van der Waals surface area contributed by atoms with Gasteiger partial charge in [-0.3, -0.25) is 4.90 Å². The maximum atomic E-state index is 9.83. The molecule has 1 aliphatic heterocycles. The van der Waals surface area contributed by atoms with Gasteiger partial charge in [-0.25, -0.2) is 0 Å². The number of hydrogen-bond donors (Lipinski definition) is 0. The van der Waals surface area contributed by atoms with Gasteiger partial charge in [0.2, 0.25) is 0 Å². The Hall–Kier alpha value is -1.89. The third kappa shape index (κ3) is 4.54. The highest BCUT2D eigenvalue weighted by molar-refractivity contribution is 5.24. The van der Waals surface area contributed by atoms with Crippen molar-refractivity contribution in [2.45, 2.75) is 38.8 Å². The molecule has 1 aromatic rings. The van der Waals surface area contributed by atoms with Crippen molar-refractivity contribution in [1.29, 1.82) is 5.26 Å². The average Bonchev–Trinajstić information content (AvgIpc) is 3.06. The molecule has 1 unspecified atom stereocenters. The lowest BCUT2D eigenvalue weighted by molar-refractivity contribution is 0.107. The molecule has 1 saturated heterocycles. The Morgan fingerprint density at radius 1 is 1.39 bits per heavy atom. The summed E-state index contributed by atoms with van der Waals surface area (Å²) in [6.45, 7) is 6.86. The second-order valence-electron chi connectivity index (χ2n) is 5.97. The van der Waals surface area contributed by atoms with Gasteiger partial charge in [0.15, 0.2) is 0 Å². The maximum Gasteiger partial charge on any atom is 0.135 e. The predicted octanol–water partition coefficient (Wildman–Crippen LogP) is 4.08. The summed E-state index contributed by atoms with van der Waals surface area (Å²) in [5.74, 6) is 0. The van der Waals surface area contributed by atoms with Crippen molar-refractivity contribution in [3.8, 4) is 6.07 Å². The van der Waals surface area contributed by atoms with Gasteiger partial charge < -0.3 is 4.74 Å². The maximum absolute atomic E-state index is 9.83. The Balaban J connectivity index is 2.27. The van der Waals surface area contributed by atoms with Crippen molar-refractivity contribution in [3.05, 3.63) is 59.7 Å². The van der Waals surface area contributed by atoms with Gasteiger partial charge in [0.1, 0.15) is 5.54 Å². The van der Waals surface area contributed by atoms with Gasteiger partial charge in [-0.15, -0.1) is 0 Å². The van der Waals surface area contributed by atoms with Crippen molar-refractivity contribution < 1.29 is 4.74 Å². The van der Waals surface area contributed by atoms with Crippen LogP contribution in [0.4, 0.5) is 0 Å². The minimum atomic E-state index is -0.524. The van der Waals surface area contributed by atoms with Crippen LogP contribution >= 0.6 is 0 Å². The topological polar surface area (TPSA) is 36.3 Å². The molecule has 0 N–H and O–H groups in total. The zero-order chi connectivity index (χ0) is 16.5. The van der Waals surface area contributed by atoms with Crippen LogP contribution in [0.1, 0.15) is 32.3 Å². The molecule has 0 bridgehead atoms. The summed E-state index contributed by atoms with van der Waals surface area (Å²) in [6.07, 6.45) is 8.20. The number of rotatable bonds is 7. The molecule has 1 aliphatic rings. The first-order chi connectivity index (χ1) is 11.2. The summed E-state index contributed by atoms with van der Waals surface area (Å²) in [5.41, 5.74) is 1.96. The van der Waals surface area contributed by atoms with Crippen LogP contribution in [0.3, 0.4) is 0 Å². The first-order valence-corrected chi connectivity index (χ1v) is 8.34. The van der Waals surface area contributed by atoms with Crippen molar-refractivity contribution in [2.24, 2.45) is 0 Å². The highest BCUT2D eigenvalue weighted by Gasteiger charge is 2.41. The van der Waals surface area contributed by atoms with E-state index < -0.39 is 5.54 Å². The second kappa shape index (κ2) is 8.67. The molecule has 1 fully saturated rings. The molecule has 3 nitrogen and oxygen atoms in total. The van der Waals surface area contributed by atoms with Gasteiger partial charge in [0.05, 0.1) is 12.7 Å². The van der Waals surface area contributed by atoms with Gasteiger partial charge in [0.25, 0.3) is 0 Å². The van der Waals surface area contributed by atoms with E-state index in [0.29, 0.717) is 13.2 Å². The second-order valence-corrected chi connectivity index (χ2v) is 5.97. The van der Waals surface area contributed by atoms with Crippen molar-refractivity contribution >= 4 is 0 Å². The van der Waals surface area contributed by atoms with Crippen molar-refractivity contribution in [1.82, 2.24) is 4.90 Å². The number of nitrogens with zero attached hydrogens (tertiary/aromatic N) is 2. The van der Waals surface area contributed by atoms with Gasteiger partial charge in [-0.1, -0.05) is 55.5 Å². The number of allylic oxidation sites excluding steroid dienone is 2. The molecule has 23 heavy (non-hydrogen) atoms. The Morgan fingerprint density at radius 3 is 2.74 bits per heavy atom. The van der Waals surface area contributed by atoms with Crippen LogP contribution < -0.4 is 0 Å². The smallest absolute Gasteiger partial charge is 0.135 e. The molecule has 0 amide bonds. The number of nitriles is 1. The van der Waals surface area contributed by atoms with Crippen molar-refractivity contribution in [2.75, 3.05) is 19.8 Å². The van der Waals surface area contributed by atoms with E-state index in [1.54, 1.807) is 0 Å². The highest BCUT2D eigenvalue weighted by atomic mass is 16.5. The van der Waals surface area contributed by atoms with Crippen LogP contribution in [0.25, 0.3) is 0 Å². The Labute approximate surface area is 139 Å². The molecule has 0 saturated carbocycles. The van der Waals surface area contributed by atoms with E-state index in [1.165, 1.54) is 11.1 Å². The predicted molar refractivity (Wildman–Crippen MR) is 93.8 cm³/mol. The van der Waals surface area contributed by atoms with Gasteiger partial charge in [-0.2, -0.15) is 5.26 Å². The van der Waals surface area contributed by atoms with E-state index >= 15 is 0 Å². The summed E-state index contributed by atoms with van der Waals surface area (Å²) in [5, 5.41) is 9.83. The molecular weight excluding hydrogens is 284 g/mol. The summed E-state index contributed by atoms with van der Waals surface area (Å²) in [4.78, 5) is 2.27.